The second-order valence-electron chi connectivity index (χ2n) is 3.44. The van der Waals surface area contributed by atoms with Crippen LogP contribution < -0.4 is 0 Å². The Bertz CT molecular complexity index is 161. The second-order valence-corrected chi connectivity index (χ2v) is 3.44. The standard InChI is InChI=1S/C8H16O5/c1-4(2)13-8-7(11)6(10)5(9)3-12-8/h4-11H,3H2,1-2H3/t5-,6-,7+,8-/m1/s1. The summed E-state index contributed by atoms with van der Waals surface area (Å²) in [5.41, 5.74) is 0. The number of aliphatic hydroxyl groups excluding tert-OH is 3. The first kappa shape index (κ1) is 10.9. The van der Waals surface area contributed by atoms with Crippen molar-refractivity contribution in [2.45, 2.75) is 44.6 Å². The van der Waals surface area contributed by atoms with Crippen molar-refractivity contribution in [2.24, 2.45) is 0 Å². The molecule has 0 amide bonds. The molecular weight excluding hydrogens is 176 g/mol. The number of rotatable bonds is 2. The Morgan fingerprint density at radius 3 is 2.38 bits per heavy atom. The maximum atomic E-state index is 9.40. The smallest absolute Gasteiger partial charge is 0.186 e. The predicted molar refractivity (Wildman–Crippen MR) is 44.0 cm³/mol. The fourth-order valence-corrected chi connectivity index (χ4v) is 1.17. The topological polar surface area (TPSA) is 79.2 Å². The molecule has 4 atom stereocenters. The quantitative estimate of drug-likeness (QED) is 0.515. The summed E-state index contributed by atoms with van der Waals surface area (Å²) in [7, 11) is 0. The van der Waals surface area contributed by atoms with Gasteiger partial charge in [0.2, 0.25) is 0 Å². The van der Waals surface area contributed by atoms with Crippen LogP contribution in [0.2, 0.25) is 0 Å². The minimum atomic E-state index is -1.20. The van der Waals surface area contributed by atoms with Crippen LogP contribution in [0, 0.1) is 0 Å². The fraction of sp³-hybridized carbons (Fsp3) is 1.00. The zero-order valence-electron chi connectivity index (χ0n) is 7.75. The van der Waals surface area contributed by atoms with Crippen LogP contribution in [0.4, 0.5) is 0 Å². The summed E-state index contributed by atoms with van der Waals surface area (Å²) in [6.45, 7) is 3.58. The van der Waals surface area contributed by atoms with E-state index in [9.17, 15) is 10.2 Å². The van der Waals surface area contributed by atoms with Gasteiger partial charge in [0.05, 0.1) is 12.7 Å². The van der Waals surface area contributed by atoms with E-state index in [-0.39, 0.29) is 12.7 Å². The molecule has 78 valence electrons. The molecule has 13 heavy (non-hydrogen) atoms. The number of hydrogen-bond donors (Lipinski definition) is 3. The Labute approximate surface area is 76.9 Å². The number of ether oxygens (including phenoxy) is 2. The van der Waals surface area contributed by atoms with Gasteiger partial charge in [0, 0.05) is 0 Å². The fourth-order valence-electron chi connectivity index (χ4n) is 1.17. The molecule has 0 aromatic carbocycles. The molecule has 5 nitrogen and oxygen atoms in total. The lowest BCUT2D eigenvalue weighted by atomic mass is 10.1. The molecule has 0 aliphatic carbocycles. The molecule has 0 unspecified atom stereocenters. The van der Waals surface area contributed by atoms with Crippen molar-refractivity contribution in [3.8, 4) is 0 Å². The van der Waals surface area contributed by atoms with Gasteiger partial charge < -0.3 is 24.8 Å². The van der Waals surface area contributed by atoms with Gasteiger partial charge in [-0.2, -0.15) is 0 Å². The Morgan fingerprint density at radius 2 is 1.85 bits per heavy atom. The van der Waals surface area contributed by atoms with Gasteiger partial charge in [0.25, 0.3) is 0 Å². The van der Waals surface area contributed by atoms with Crippen molar-refractivity contribution in [1.29, 1.82) is 0 Å². The normalized spacial score (nSPS) is 41.1. The van der Waals surface area contributed by atoms with Crippen molar-refractivity contribution in [2.75, 3.05) is 6.61 Å². The molecule has 0 saturated carbocycles. The number of hydrogen-bond acceptors (Lipinski definition) is 5. The van der Waals surface area contributed by atoms with Gasteiger partial charge in [-0.05, 0) is 13.8 Å². The average molecular weight is 192 g/mol. The molecule has 0 radical (unpaired) electrons. The average Bonchev–Trinajstić information content (AvgIpc) is 2.06. The first-order chi connectivity index (χ1) is 6.02. The molecule has 0 aromatic heterocycles. The molecule has 0 spiro atoms. The summed E-state index contributed by atoms with van der Waals surface area (Å²) in [6.07, 6.45) is -4.37. The zero-order chi connectivity index (χ0) is 10.0. The highest BCUT2D eigenvalue weighted by Gasteiger charge is 2.38. The molecular formula is C8H16O5. The van der Waals surface area contributed by atoms with E-state index < -0.39 is 24.6 Å². The van der Waals surface area contributed by atoms with E-state index in [1.165, 1.54) is 0 Å². The minimum absolute atomic E-state index is 0.0182. The van der Waals surface area contributed by atoms with Crippen LogP contribution in [0.15, 0.2) is 0 Å². The van der Waals surface area contributed by atoms with Crippen molar-refractivity contribution < 1.29 is 24.8 Å². The maximum absolute atomic E-state index is 9.40. The van der Waals surface area contributed by atoms with Crippen molar-refractivity contribution in [3.63, 3.8) is 0 Å². The van der Waals surface area contributed by atoms with E-state index in [1.54, 1.807) is 13.8 Å². The van der Waals surface area contributed by atoms with Gasteiger partial charge >= 0.3 is 0 Å². The van der Waals surface area contributed by atoms with Crippen LogP contribution >= 0.6 is 0 Å². The van der Waals surface area contributed by atoms with E-state index in [4.69, 9.17) is 14.6 Å². The third-order valence-corrected chi connectivity index (χ3v) is 1.86. The van der Waals surface area contributed by atoms with Gasteiger partial charge in [-0.15, -0.1) is 0 Å². The van der Waals surface area contributed by atoms with Crippen LogP contribution in [0.3, 0.4) is 0 Å². The summed E-state index contributed by atoms with van der Waals surface area (Å²) in [5, 5.41) is 27.8. The summed E-state index contributed by atoms with van der Waals surface area (Å²) in [4.78, 5) is 0. The molecule has 0 bridgehead atoms. The Kier molecular flexibility index (Phi) is 3.63. The van der Waals surface area contributed by atoms with Crippen LogP contribution in [-0.2, 0) is 9.47 Å². The molecule has 1 fully saturated rings. The summed E-state index contributed by atoms with van der Waals surface area (Å²) in [5.74, 6) is 0. The minimum Gasteiger partial charge on any atom is -0.388 e. The molecule has 0 aromatic rings. The lowest BCUT2D eigenvalue weighted by Gasteiger charge is -2.35. The predicted octanol–water partition coefficient (Wildman–Crippen LogP) is -1.15. The Balaban J connectivity index is 2.48. The second kappa shape index (κ2) is 4.34. The van der Waals surface area contributed by atoms with Gasteiger partial charge in [-0.25, -0.2) is 0 Å². The molecule has 5 heteroatoms. The van der Waals surface area contributed by atoms with Gasteiger partial charge in [0.1, 0.15) is 18.3 Å². The highest BCUT2D eigenvalue weighted by Crippen LogP contribution is 2.17. The van der Waals surface area contributed by atoms with Crippen molar-refractivity contribution >= 4 is 0 Å². The van der Waals surface area contributed by atoms with Crippen molar-refractivity contribution in [3.05, 3.63) is 0 Å². The molecule has 3 N–H and O–H groups in total. The first-order valence-corrected chi connectivity index (χ1v) is 4.33. The molecule has 1 aliphatic rings. The Hall–Kier alpha value is -0.200. The third kappa shape index (κ3) is 2.62. The largest absolute Gasteiger partial charge is 0.388 e. The maximum Gasteiger partial charge on any atom is 0.186 e. The van der Waals surface area contributed by atoms with Crippen LogP contribution in [0.1, 0.15) is 13.8 Å². The van der Waals surface area contributed by atoms with E-state index in [2.05, 4.69) is 0 Å². The lowest BCUT2D eigenvalue weighted by Crippen LogP contribution is -2.54. The van der Waals surface area contributed by atoms with Gasteiger partial charge in [-0.3, -0.25) is 0 Å². The lowest BCUT2D eigenvalue weighted by molar-refractivity contribution is -0.278. The number of aliphatic hydroxyl groups is 3. The highest BCUT2D eigenvalue weighted by molar-refractivity contribution is 4.82. The summed E-state index contributed by atoms with van der Waals surface area (Å²) < 4.78 is 10.2. The Morgan fingerprint density at radius 1 is 1.23 bits per heavy atom. The van der Waals surface area contributed by atoms with Crippen LogP contribution in [0.25, 0.3) is 0 Å². The van der Waals surface area contributed by atoms with E-state index in [0.29, 0.717) is 0 Å². The monoisotopic (exact) mass is 192 g/mol. The SMILES string of the molecule is CC(C)O[C@H]1OC[C@@H](O)[C@@H](O)[C@@H]1O. The van der Waals surface area contributed by atoms with Gasteiger partial charge in [0.15, 0.2) is 6.29 Å². The molecule has 1 saturated heterocycles. The first-order valence-electron chi connectivity index (χ1n) is 4.33. The zero-order valence-corrected chi connectivity index (χ0v) is 7.75. The van der Waals surface area contributed by atoms with Crippen LogP contribution in [0.5, 0.6) is 0 Å². The molecule has 1 rings (SSSR count). The third-order valence-electron chi connectivity index (χ3n) is 1.86. The summed E-state index contributed by atoms with van der Waals surface area (Å²) >= 11 is 0. The van der Waals surface area contributed by atoms with E-state index in [1.807, 2.05) is 0 Å². The summed E-state index contributed by atoms with van der Waals surface area (Å²) in [6, 6.07) is 0. The van der Waals surface area contributed by atoms with E-state index >= 15 is 0 Å². The van der Waals surface area contributed by atoms with Gasteiger partial charge in [-0.1, -0.05) is 0 Å². The van der Waals surface area contributed by atoms with Crippen LogP contribution in [-0.4, -0.2) is 52.6 Å². The molecule has 1 heterocycles. The molecule has 1 aliphatic heterocycles. The highest BCUT2D eigenvalue weighted by atomic mass is 16.7. The van der Waals surface area contributed by atoms with Crippen molar-refractivity contribution in [1.82, 2.24) is 0 Å². The van der Waals surface area contributed by atoms with E-state index in [0.717, 1.165) is 0 Å².